The van der Waals surface area contributed by atoms with Crippen LogP contribution in [-0.4, -0.2) is 39.8 Å². The smallest absolute Gasteiger partial charge is 0.298 e. The summed E-state index contributed by atoms with van der Waals surface area (Å²) < 4.78 is 29.3. The van der Waals surface area contributed by atoms with Gasteiger partial charge in [-0.15, -0.1) is 0 Å². The molecule has 1 aliphatic rings. The summed E-state index contributed by atoms with van der Waals surface area (Å²) in [4.78, 5) is 12.7. The highest BCUT2D eigenvalue weighted by Crippen LogP contribution is 2.57. The Morgan fingerprint density at radius 3 is 2.04 bits per heavy atom. The molecular formula is C17H35O4S2+. The molecule has 4 nitrogen and oxygen atoms in total. The Morgan fingerprint density at radius 1 is 1.09 bits per heavy atom. The van der Waals surface area contributed by atoms with Crippen LogP contribution in [0.2, 0.25) is 0 Å². The fourth-order valence-corrected chi connectivity index (χ4v) is 9.92. The summed E-state index contributed by atoms with van der Waals surface area (Å²) in [5.41, 5.74) is 0. The Hall–Kier alpha value is -0.0700. The van der Waals surface area contributed by atoms with Gasteiger partial charge < -0.3 is 0 Å². The lowest BCUT2D eigenvalue weighted by Crippen LogP contribution is -2.36. The van der Waals surface area contributed by atoms with E-state index in [1.54, 1.807) is 0 Å². The summed E-state index contributed by atoms with van der Waals surface area (Å²) in [6.07, 6.45) is 5.64. The zero-order chi connectivity index (χ0) is 17.7. The van der Waals surface area contributed by atoms with Crippen LogP contribution in [0.3, 0.4) is 0 Å². The van der Waals surface area contributed by atoms with Gasteiger partial charge in [0.25, 0.3) is 0 Å². The zero-order valence-electron chi connectivity index (χ0n) is 15.4. The second kappa shape index (κ2) is 8.86. The molecule has 1 rings (SSSR count). The molecule has 0 aliphatic heterocycles. The highest BCUT2D eigenvalue weighted by Gasteiger charge is 2.45. The molecule has 1 saturated carbocycles. The SMILES string of the molecule is CCCCS(=O)(=O)[OH+]S(CC(=O)C1CCCC1)(C(C)C)C(C)C. The predicted octanol–water partition coefficient (Wildman–Crippen LogP) is 4.51. The van der Waals surface area contributed by atoms with E-state index in [-0.39, 0.29) is 28.0 Å². The minimum atomic E-state index is -3.45. The van der Waals surface area contributed by atoms with Crippen molar-refractivity contribution in [1.29, 1.82) is 0 Å². The molecule has 0 saturated heterocycles. The van der Waals surface area contributed by atoms with E-state index in [4.69, 9.17) is 0 Å². The van der Waals surface area contributed by atoms with Crippen LogP contribution in [0.25, 0.3) is 0 Å². The number of rotatable bonds is 10. The van der Waals surface area contributed by atoms with Gasteiger partial charge in [-0.3, -0.25) is 8.42 Å². The third-order valence-electron chi connectivity index (χ3n) is 4.82. The van der Waals surface area contributed by atoms with Gasteiger partial charge in [-0.2, -0.15) is 8.42 Å². The minimum Gasteiger partial charge on any atom is -0.298 e. The summed E-state index contributed by atoms with van der Waals surface area (Å²) in [7, 11) is -5.32. The molecule has 23 heavy (non-hydrogen) atoms. The second-order valence-corrected chi connectivity index (χ2v) is 13.2. The van der Waals surface area contributed by atoms with Crippen LogP contribution in [0, 0.1) is 5.92 Å². The number of Topliss-reactive ketones (excluding diaryl/α,β-unsaturated/α-hetero) is 1. The summed E-state index contributed by atoms with van der Waals surface area (Å²) in [5.74, 6) is 0.829. The van der Waals surface area contributed by atoms with Crippen LogP contribution >= 0.6 is 10.3 Å². The Morgan fingerprint density at radius 2 is 1.61 bits per heavy atom. The van der Waals surface area contributed by atoms with Crippen molar-refractivity contribution in [2.24, 2.45) is 5.92 Å². The number of hydrogen-bond donors (Lipinski definition) is 0. The van der Waals surface area contributed by atoms with E-state index in [0.29, 0.717) is 12.2 Å². The predicted molar refractivity (Wildman–Crippen MR) is 101 cm³/mol. The van der Waals surface area contributed by atoms with Crippen LogP contribution in [0.15, 0.2) is 0 Å². The summed E-state index contributed by atoms with van der Waals surface area (Å²) in [6.45, 7) is 10.1. The van der Waals surface area contributed by atoms with Crippen molar-refractivity contribution in [3.63, 3.8) is 0 Å². The molecule has 0 aromatic heterocycles. The monoisotopic (exact) mass is 367 g/mol. The van der Waals surface area contributed by atoms with Gasteiger partial charge in [0.05, 0.1) is 5.75 Å². The number of carbonyl (C=O) groups excluding carboxylic acids is 1. The first kappa shape index (κ1) is 21.0. The maximum absolute atomic E-state index is 12.7. The van der Waals surface area contributed by atoms with Crippen LogP contribution < -0.4 is 0 Å². The molecule has 0 heterocycles. The summed E-state index contributed by atoms with van der Waals surface area (Å²) in [6, 6.07) is 0. The van der Waals surface area contributed by atoms with E-state index in [2.05, 4.69) is 3.63 Å². The van der Waals surface area contributed by atoms with Crippen LogP contribution in [0.1, 0.15) is 73.1 Å². The number of unbranched alkanes of at least 4 members (excludes halogenated alkanes) is 1. The van der Waals surface area contributed by atoms with Crippen molar-refractivity contribution in [2.45, 2.75) is 83.6 Å². The van der Waals surface area contributed by atoms with Crippen molar-refractivity contribution in [1.82, 2.24) is 0 Å². The molecule has 0 unspecified atom stereocenters. The van der Waals surface area contributed by atoms with E-state index >= 15 is 0 Å². The van der Waals surface area contributed by atoms with Crippen molar-refractivity contribution in [3.05, 3.63) is 0 Å². The molecule has 0 radical (unpaired) electrons. The van der Waals surface area contributed by atoms with E-state index in [1.165, 1.54) is 0 Å². The number of carbonyl (C=O) groups is 1. The average molecular weight is 368 g/mol. The first-order valence-corrected chi connectivity index (χ1v) is 12.4. The van der Waals surface area contributed by atoms with Crippen molar-refractivity contribution in [2.75, 3.05) is 11.5 Å². The summed E-state index contributed by atoms with van der Waals surface area (Å²) >= 11 is 0. The second-order valence-electron chi connectivity index (χ2n) is 7.21. The Kier molecular flexibility index (Phi) is 8.08. The topological polar surface area (TPSA) is 64.0 Å². The lowest BCUT2D eigenvalue weighted by Gasteiger charge is -2.41. The Bertz CT molecular complexity index is 469. The van der Waals surface area contributed by atoms with E-state index < -0.39 is 20.4 Å². The van der Waals surface area contributed by atoms with Gasteiger partial charge in [0.1, 0.15) is 5.75 Å². The van der Waals surface area contributed by atoms with Gasteiger partial charge in [-0.25, -0.2) is 0 Å². The molecule has 0 atom stereocenters. The highest BCUT2D eigenvalue weighted by atomic mass is 32.3. The molecule has 1 N–H and O–H groups in total. The standard InChI is InChI=1S/C17H34O4S2/c1-6-7-12-23(19,20)21-22(14(2)3,15(4)5)13-17(18)16-10-8-9-11-16/h14-16H,6-13H2,1-5H3/p+1. The molecule has 1 aliphatic carbocycles. The summed E-state index contributed by atoms with van der Waals surface area (Å²) in [5, 5.41) is 0.202. The molecule has 1 fully saturated rings. The van der Waals surface area contributed by atoms with Gasteiger partial charge in [-0.05, 0) is 57.3 Å². The molecule has 0 bridgehead atoms. The molecule has 138 valence electrons. The lowest BCUT2D eigenvalue weighted by molar-refractivity contribution is -0.120. The fraction of sp³-hybridized carbons (Fsp3) is 0.941. The normalized spacial score (nSPS) is 18.0. The first-order valence-electron chi connectivity index (χ1n) is 8.93. The van der Waals surface area contributed by atoms with Crippen molar-refractivity contribution < 1.29 is 16.8 Å². The third-order valence-corrected chi connectivity index (χ3v) is 11.7. The molecular weight excluding hydrogens is 332 g/mol. The van der Waals surface area contributed by atoms with E-state index in [0.717, 1.165) is 32.1 Å². The van der Waals surface area contributed by atoms with Gasteiger partial charge in [0, 0.05) is 16.4 Å². The third kappa shape index (κ3) is 5.75. The first-order chi connectivity index (χ1) is 10.6. The van der Waals surface area contributed by atoms with E-state index in [9.17, 15) is 13.2 Å². The van der Waals surface area contributed by atoms with Crippen LogP contribution in [0.5, 0.6) is 0 Å². The number of ketones is 1. The molecule has 6 heteroatoms. The quantitative estimate of drug-likeness (QED) is 0.421. The number of hydrogen-bond acceptors (Lipinski definition) is 3. The minimum absolute atomic E-state index is 0.101. The molecule has 0 aromatic rings. The highest BCUT2D eigenvalue weighted by molar-refractivity contribution is 8.33. The molecule has 0 aromatic carbocycles. The van der Waals surface area contributed by atoms with Gasteiger partial charge in [-0.1, -0.05) is 26.2 Å². The maximum atomic E-state index is 12.7. The van der Waals surface area contributed by atoms with Crippen molar-refractivity contribution >= 4 is 26.2 Å². The lowest BCUT2D eigenvalue weighted by atomic mass is 10.0. The fourth-order valence-electron chi connectivity index (χ4n) is 3.25. The van der Waals surface area contributed by atoms with Gasteiger partial charge in [0.2, 0.25) is 0 Å². The van der Waals surface area contributed by atoms with Crippen LogP contribution in [0.4, 0.5) is 0 Å². The average Bonchev–Trinajstić information content (AvgIpc) is 2.97. The van der Waals surface area contributed by atoms with E-state index in [1.807, 2.05) is 34.6 Å². The van der Waals surface area contributed by atoms with Gasteiger partial charge >= 0.3 is 10.1 Å². The van der Waals surface area contributed by atoms with Crippen LogP contribution in [-0.2, 0) is 14.9 Å². The zero-order valence-corrected chi connectivity index (χ0v) is 17.0. The molecule has 0 amide bonds. The Balaban J connectivity index is 2.99. The van der Waals surface area contributed by atoms with Gasteiger partial charge in [0.15, 0.2) is 5.78 Å². The molecule has 0 spiro atoms. The van der Waals surface area contributed by atoms with Crippen molar-refractivity contribution in [3.8, 4) is 0 Å². The largest absolute Gasteiger partial charge is 0.390 e. The maximum Gasteiger partial charge on any atom is 0.390 e. The Labute approximate surface area is 144 Å².